The van der Waals surface area contributed by atoms with Gasteiger partial charge in [-0.3, -0.25) is 4.68 Å². The Morgan fingerprint density at radius 3 is 2.75 bits per heavy atom. The van der Waals surface area contributed by atoms with Gasteiger partial charge in [0.25, 0.3) is 0 Å². The van der Waals surface area contributed by atoms with Crippen LogP contribution in [0.2, 0.25) is 0 Å². The summed E-state index contributed by atoms with van der Waals surface area (Å²) in [6, 6.07) is 4.30. The van der Waals surface area contributed by atoms with Crippen LogP contribution in [0.5, 0.6) is 0 Å². The van der Waals surface area contributed by atoms with E-state index in [1.165, 1.54) is 12.5 Å². The second-order valence-electron chi connectivity index (χ2n) is 4.98. The van der Waals surface area contributed by atoms with E-state index in [-0.39, 0.29) is 18.2 Å². The van der Waals surface area contributed by atoms with Crippen molar-refractivity contribution in [1.82, 2.24) is 19.7 Å². The third-order valence-corrected chi connectivity index (χ3v) is 3.27. The predicted octanol–water partition coefficient (Wildman–Crippen LogP) is 3.58. The highest BCUT2D eigenvalue weighted by molar-refractivity contribution is 5.59. The van der Waals surface area contributed by atoms with Gasteiger partial charge in [0.05, 0.1) is 24.7 Å². The van der Waals surface area contributed by atoms with Crippen LogP contribution >= 0.6 is 0 Å². The quantitative estimate of drug-likeness (QED) is 0.771. The number of hydrogen-bond donors (Lipinski definition) is 1. The minimum absolute atomic E-state index is 0.125. The second-order valence-corrected chi connectivity index (χ2v) is 4.98. The predicted molar refractivity (Wildman–Crippen MR) is 80.0 cm³/mol. The van der Waals surface area contributed by atoms with Crippen molar-refractivity contribution >= 4 is 5.95 Å². The lowest BCUT2D eigenvalue weighted by molar-refractivity contribution is -0.141. The summed E-state index contributed by atoms with van der Waals surface area (Å²) in [5, 5.41) is 6.81. The van der Waals surface area contributed by atoms with Crippen molar-refractivity contribution in [2.24, 2.45) is 0 Å². The largest absolute Gasteiger partial charge is 0.467 e. The highest BCUT2D eigenvalue weighted by Crippen LogP contribution is 2.31. The maximum Gasteiger partial charge on any atom is 0.433 e. The minimum atomic E-state index is -4.57. The van der Waals surface area contributed by atoms with Crippen LogP contribution in [0, 0.1) is 0 Å². The van der Waals surface area contributed by atoms with Crippen LogP contribution in [-0.2, 0) is 19.3 Å². The molecule has 0 bridgehead atoms. The summed E-state index contributed by atoms with van der Waals surface area (Å²) in [5.41, 5.74) is -0.372. The molecule has 0 saturated carbocycles. The first-order valence-electron chi connectivity index (χ1n) is 7.21. The molecule has 6 nitrogen and oxygen atoms in total. The van der Waals surface area contributed by atoms with Crippen LogP contribution in [0.25, 0.3) is 11.3 Å². The van der Waals surface area contributed by atoms with Crippen LogP contribution in [0.15, 0.2) is 41.3 Å². The number of furan rings is 1. The average Bonchev–Trinajstić information content (AvgIpc) is 3.23. The molecular formula is C15H14F3N5O. The molecule has 3 aromatic heterocycles. The highest BCUT2D eigenvalue weighted by atomic mass is 19.4. The fourth-order valence-corrected chi connectivity index (χ4v) is 2.07. The SMILES string of the molecule is CCn1cc(-c2cc(C(F)(F)F)nc(NCc3ccco3)n2)cn1. The van der Waals surface area contributed by atoms with E-state index in [2.05, 4.69) is 20.4 Å². The van der Waals surface area contributed by atoms with Gasteiger partial charge in [-0.2, -0.15) is 18.3 Å². The Hall–Kier alpha value is -2.84. The first-order chi connectivity index (χ1) is 11.5. The summed E-state index contributed by atoms with van der Waals surface area (Å²) in [4.78, 5) is 7.69. The zero-order valence-electron chi connectivity index (χ0n) is 12.7. The summed E-state index contributed by atoms with van der Waals surface area (Å²) >= 11 is 0. The molecule has 3 heterocycles. The molecule has 0 aliphatic heterocycles. The van der Waals surface area contributed by atoms with Crippen LogP contribution < -0.4 is 5.32 Å². The van der Waals surface area contributed by atoms with Gasteiger partial charge in [0, 0.05) is 18.3 Å². The van der Waals surface area contributed by atoms with Gasteiger partial charge in [0.2, 0.25) is 5.95 Å². The molecule has 3 rings (SSSR count). The molecule has 0 unspecified atom stereocenters. The molecule has 0 aromatic carbocycles. The first kappa shape index (κ1) is 16.0. The van der Waals surface area contributed by atoms with E-state index < -0.39 is 11.9 Å². The molecule has 1 N–H and O–H groups in total. The van der Waals surface area contributed by atoms with Gasteiger partial charge in [0.1, 0.15) is 5.76 Å². The van der Waals surface area contributed by atoms with Crippen LogP contribution in [0.4, 0.5) is 19.1 Å². The summed E-state index contributed by atoms with van der Waals surface area (Å²) < 4.78 is 46.0. The molecule has 24 heavy (non-hydrogen) atoms. The lowest BCUT2D eigenvalue weighted by Gasteiger charge is -2.10. The normalized spacial score (nSPS) is 11.7. The molecular weight excluding hydrogens is 323 g/mol. The Morgan fingerprint density at radius 1 is 1.29 bits per heavy atom. The van der Waals surface area contributed by atoms with Gasteiger partial charge < -0.3 is 9.73 Å². The molecule has 0 aliphatic rings. The average molecular weight is 337 g/mol. The molecule has 0 saturated heterocycles. The zero-order valence-corrected chi connectivity index (χ0v) is 12.7. The molecule has 0 radical (unpaired) electrons. The van der Waals surface area contributed by atoms with Crippen molar-refractivity contribution < 1.29 is 17.6 Å². The Labute approximate surface area is 135 Å². The van der Waals surface area contributed by atoms with Gasteiger partial charge in [-0.25, -0.2) is 9.97 Å². The molecule has 0 aliphatic carbocycles. The number of nitrogens with zero attached hydrogens (tertiary/aromatic N) is 4. The van der Waals surface area contributed by atoms with Crippen LogP contribution in [-0.4, -0.2) is 19.7 Å². The van der Waals surface area contributed by atoms with Crippen molar-refractivity contribution in [1.29, 1.82) is 0 Å². The van der Waals surface area contributed by atoms with Crippen molar-refractivity contribution in [3.05, 3.63) is 48.3 Å². The number of rotatable bonds is 5. The van der Waals surface area contributed by atoms with E-state index in [9.17, 15) is 13.2 Å². The molecule has 0 fully saturated rings. The van der Waals surface area contributed by atoms with Gasteiger partial charge in [-0.1, -0.05) is 0 Å². The Morgan fingerprint density at radius 2 is 2.12 bits per heavy atom. The van der Waals surface area contributed by atoms with E-state index in [0.29, 0.717) is 17.9 Å². The van der Waals surface area contributed by atoms with Crippen LogP contribution in [0.3, 0.4) is 0 Å². The maximum atomic E-state index is 13.1. The fraction of sp³-hybridized carbons (Fsp3) is 0.267. The highest BCUT2D eigenvalue weighted by Gasteiger charge is 2.34. The smallest absolute Gasteiger partial charge is 0.433 e. The van der Waals surface area contributed by atoms with Crippen LogP contribution in [0.1, 0.15) is 18.4 Å². The lowest BCUT2D eigenvalue weighted by Crippen LogP contribution is -2.12. The minimum Gasteiger partial charge on any atom is -0.467 e. The number of anilines is 1. The third kappa shape index (κ3) is 3.55. The van der Waals surface area contributed by atoms with Gasteiger partial charge in [0.15, 0.2) is 5.69 Å². The Balaban J connectivity index is 1.93. The number of nitrogens with one attached hydrogen (secondary N) is 1. The first-order valence-corrected chi connectivity index (χ1v) is 7.21. The van der Waals surface area contributed by atoms with E-state index in [0.717, 1.165) is 6.07 Å². The zero-order chi connectivity index (χ0) is 17.2. The summed E-state index contributed by atoms with van der Waals surface area (Å²) in [6.45, 7) is 2.68. The Kier molecular flexibility index (Phi) is 4.24. The summed E-state index contributed by atoms with van der Waals surface area (Å²) in [6.07, 6.45) is 0.0230. The molecule has 126 valence electrons. The molecule has 0 amide bonds. The monoisotopic (exact) mass is 337 g/mol. The van der Waals surface area contributed by atoms with Gasteiger partial charge in [-0.05, 0) is 25.1 Å². The van der Waals surface area contributed by atoms with E-state index in [1.54, 1.807) is 23.0 Å². The van der Waals surface area contributed by atoms with E-state index in [4.69, 9.17) is 4.42 Å². The molecule has 0 atom stereocenters. The van der Waals surface area contributed by atoms with Crippen molar-refractivity contribution in [2.75, 3.05) is 5.32 Å². The van der Waals surface area contributed by atoms with Gasteiger partial charge in [-0.15, -0.1) is 0 Å². The molecule has 9 heteroatoms. The fourth-order valence-electron chi connectivity index (χ4n) is 2.07. The Bertz CT molecular complexity index is 811. The lowest BCUT2D eigenvalue weighted by atomic mass is 10.2. The van der Waals surface area contributed by atoms with E-state index in [1.807, 2.05) is 6.92 Å². The molecule has 3 aromatic rings. The summed E-state index contributed by atoms with van der Waals surface area (Å²) in [5.74, 6) is 0.442. The topological polar surface area (TPSA) is 68.8 Å². The maximum absolute atomic E-state index is 13.1. The summed E-state index contributed by atoms with van der Waals surface area (Å²) in [7, 11) is 0. The van der Waals surface area contributed by atoms with Crippen molar-refractivity contribution in [2.45, 2.75) is 26.2 Å². The standard InChI is InChI=1S/C15H14F3N5O/c1-2-23-9-10(7-20-23)12-6-13(15(16,17)18)22-14(21-12)19-8-11-4-3-5-24-11/h3-7,9H,2,8H2,1H3,(H,19,21,22). The van der Waals surface area contributed by atoms with Crippen molar-refractivity contribution in [3.8, 4) is 11.3 Å². The van der Waals surface area contributed by atoms with Crippen molar-refractivity contribution in [3.63, 3.8) is 0 Å². The second kappa shape index (κ2) is 6.34. The number of aromatic nitrogens is 4. The number of aryl methyl sites for hydroxylation is 1. The van der Waals surface area contributed by atoms with Gasteiger partial charge >= 0.3 is 6.18 Å². The number of hydrogen-bond acceptors (Lipinski definition) is 5. The third-order valence-electron chi connectivity index (χ3n) is 3.27. The molecule has 0 spiro atoms. The van der Waals surface area contributed by atoms with E-state index >= 15 is 0 Å². The number of alkyl halides is 3. The number of halogens is 3.